The van der Waals surface area contributed by atoms with Crippen molar-refractivity contribution >= 4 is 16.6 Å². The maximum atomic E-state index is 13.8. The zero-order valence-corrected chi connectivity index (χ0v) is 20.2. The number of fused-ring (bicyclic) bond motifs is 1. The minimum absolute atomic E-state index is 0.0252. The van der Waals surface area contributed by atoms with E-state index in [0.717, 1.165) is 38.7 Å². The first kappa shape index (κ1) is 23.1. The molecule has 0 amide bonds. The van der Waals surface area contributed by atoms with Crippen LogP contribution in [0.25, 0.3) is 21.9 Å². The van der Waals surface area contributed by atoms with Crippen LogP contribution in [0.15, 0.2) is 84.9 Å². The third-order valence-corrected chi connectivity index (χ3v) is 7.25. The number of rotatable bonds is 7. The Labute approximate surface area is 207 Å². The standard InChI is InChI=1S/C31H31NO3/c1-32(19-5-2-6-20-32)21-22-35-27-16-11-25(12-17-27)31(34)30-28-8-4-3-7-23(28)13-18-29(30)24-9-14-26(33)15-10-24/h3-4,7-18H,2,5-6,19-22H2,1H3/p+1. The highest BCUT2D eigenvalue weighted by Gasteiger charge is 2.24. The number of ketones is 1. The molecule has 1 aliphatic heterocycles. The maximum Gasteiger partial charge on any atom is 0.194 e. The van der Waals surface area contributed by atoms with Gasteiger partial charge >= 0.3 is 0 Å². The van der Waals surface area contributed by atoms with Crippen LogP contribution in [0.4, 0.5) is 0 Å². The first-order chi connectivity index (χ1) is 17.0. The van der Waals surface area contributed by atoms with E-state index in [1.807, 2.05) is 72.8 Å². The summed E-state index contributed by atoms with van der Waals surface area (Å²) in [5, 5.41) is 11.7. The van der Waals surface area contributed by atoms with Gasteiger partial charge in [-0.25, -0.2) is 0 Å². The number of phenols is 1. The lowest BCUT2D eigenvalue weighted by molar-refractivity contribution is -0.914. The molecular formula is C31H32NO3+. The van der Waals surface area contributed by atoms with Crippen LogP contribution in [-0.2, 0) is 0 Å². The van der Waals surface area contributed by atoms with Crippen molar-refractivity contribution in [3.05, 3.63) is 96.1 Å². The monoisotopic (exact) mass is 466 g/mol. The minimum Gasteiger partial charge on any atom is -0.508 e. The molecule has 4 heteroatoms. The second-order valence-electron chi connectivity index (χ2n) is 9.81. The van der Waals surface area contributed by atoms with Crippen molar-refractivity contribution in [2.75, 3.05) is 33.3 Å². The summed E-state index contributed by atoms with van der Waals surface area (Å²) in [7, 11) is 2.32. The fourth-order valence-corrected chi connectivity index (χ4v) is 5.13. The summed E-state index contributed by atoms with van der Waals surface area (Å²) in [6, 6.07) is 26.5. The Morgan fingerprint density at radius 3 is 2.31 bits per heavy atom. The number of piperidine rings is 1. The number of benzene rings is 4. The Kier molecular flexibility index (Phi) is 6.56. The molecule has 1 saturated heterocycles. The Bertz CT molecular complexity index is 1320. The van der Waals surface area contributed by atoms with E-state index in [4.69, 9.17) is 4.74 Å². The molecule has 1 heterocycles. The van der Waals surface area contributed by atoms with Gasteiger partial charge in [0.1, 0.15) is 24.7 Å². The lowest BCUT2D eigenvalue weighted by Crippen LogP contribution is -2.50. The number of hydrogen-bond donors (Lipinski definition) is 1. The maximum absolute atomic E-state index is 13.8. The summed E-state index contributed by atoms with van der Waals surface area (Å²) in [5.74, 6) is 0.971. The minimum atomic E-state index is -0.0252. The normalized spacial score (nSPS) is 15.1. The zero-order valence-electron chi connectivity index (χ0n) is 20.2. The first-order valence-electron chi connectivity index (χ1n) is 12.4. The molecule has 1 aliphatic rings. The highest BCUT2D eigenvalue weighted by Crippen LogP contribution is 2.33. The smallest absolute Gasteiger partial charge is 0.194 e. The zero-order chi connectivity index (χ0) is 24.3. The summed E-state index contributed by atoms with van der Waals surface area (Å²) in [6.45, 7) is 4.14. The number of phenolic OH excluding ortho intramolecular Hbond substituents is 1. The van der Waals surface area contributed by atoms with E-state index in [-0.39, 0.29) is 11.5 Å². The van der Waals surface area contributed by atoms with Gasteiger partial charge in [0, 0.05) is 11.1 Å². The van der Waals surface area contributed by atoms with Gasteiger partial charge in [0.15, 0.2) is 5.78 Å². The van der Waals surface area contributed by atoms with Crippen LogP contribution in [0, 0.1) is 0 Å². The van der Waals surface area contributed by atoms with Crippen LogP contribution in [0.2, 0.25) is 0 Å². The molecule has 0 unspecified atom stereocenters. The Morgan fingerprint density at radius 1 is 0.857 bits per heavy atom. The van der Waals surface area contributed by atoms with Gasteiger partial charge in [0.2, 0.25) is 0 Å². The van der Waals surface area contributed by atoms with Crippen LogP contribution in [-0.4, -0.2) is 48.7 Å². The Hall–Kier alpha value is -3.63. The number of nitrogens with zero attached hydrogens (tertiary/aromatic N) is 1. The summed E-state index contributed by atoms with van der Waals surface area (Å²) in [6.07, 6.45) is 3.94. The van der Waals surface area contributed by atoms with Crippen molar-refractivity contribution in [3.63, 3.8) is 0 Å². The van der Waals surface area contributed by atoms with Gasteiger partial charge in [0.05, 0.1) is 20.1 Å². The van der Waals surface area contributed by atoms with E-state index in [1.165, 1.54) is 32.4 Å². The lowest BCUT2D eigenvalue weighted by Gasteiger charge is -2.37. The van der Waals surface area contributed by atoms with Crippen LogP contribution in [0.3, 0.4) is 0 Å². The van der Waals surface area contributed by atoms with Crippen LogP contribution >= 0.6 is 0 Å². The van der Waals surface area contributed by atoms with E-state index >= 15 is 0 Å². The van der Waals surface area contributed by atoms with Crippen molar-refractivity contribution in [1.82, 2.24) is 0 Å². The molecule has 0 aliphatic carbocycles. The number of carbonyl (C=O) groups excluding carboxylic acids is 1. The van der Waals surface area contributed by atoms with E-state index in [1.54, 1.807) is 12.1 Å². The predicted molar refractivity (Wildman–Crippen MR) is 141 cm³/mol. The molecule has 5 rings (SSSR count). The molecule has 0 aromatic heterocycles. The molecule has 4 aromatic carbocycles. The highest BCUT2D eigenvalue weighted by atomic mass is 16.5. The summed E-state index contributed by atoms with van der Waals surface area (Å²) < 4.78 is 7.12. The molecule has 4 aromatic rings. The van der Waals surface area contributed by atoms with Crippen molar-refractivity contribution in [3.8, 4) is 22.6 Å². The second kappa shape index (κ2) is 9.93. The molecule has 1 fully saturated rings. The van der Waals surface area contributed by atoms with Crippen molar-refractivity contribution in [2.24, 2.45) is 0 Å². The van der Waals surface area contributed by atoms with E-state index in [2.05, 4.69) is 7.05 Å². The van der Waals surface area contributed by atoms with Crippen LogP contribution in [0.5, 0.6) is 11.5 Å². The molecule has 0 saturated carbocycles. The third kappa shape index (κ3) is 5.08. The SMILES string of the molecule is C[N+]1(CCOc2ccc(C(=O)c3c(-c4ccc(O)cc4)ccc4ccccc34)cc2)CCCCC1. The molecule has 0 atom stereocenters. The predicted octanol–water partition coefficient (Wildman–Crippen LogP) is 6.45. The van der Waals surface area contributed by atoms with Crippen LogP contribution < -0.4 is 4.74 Å². The van der Waals surface area contributed by atoms with E-state index in [9.17, 15) is 9.90 Å². The van der Waals surface area contributed by atoms with Crippen molar-refractivity contribution in [2.45, 2.75) is 19.3 Å². The van der Waals surface area contributed by atoms with Crippen molar-refractivity contribution in [1.29, 1.82) is 0 Å². The lowest BCUT2D eigenvalue weighted by atomic mass is 9.89. The molecule has 0 bridgehead atoms. The number of hydrogen-bond acceptors (Lipinski definition) is 3. The fraction of sp³-hybridized carbons (Fsp3) is 0.258. The quantitative estimate of drug-likeness (QED) is 0.251. The number of carbonyl (C=O) groups is 1. The number of aromatic hydroxyl groups is 1. The van der Waals surface area contributed by atoms with E-state index < -0.39 is 0 Å². The summed E-state index contributed by atoms with van der Waals surface area (Å²) in [5.41, 5.74) is 3.05. The van der Waals surface area contributed by atoms with E-state index in [0.29, 0.717) is 17.7 Å². The van der Waals surface area contributed by atoms with Gasteiger partial charge < -0.3 is 14.3 Å². The fourth-order valence-electron chi connectivity index (χ4n) is 5.13. The molecule has 0 radical (unpaired) electrons. The molecular weight excluding hydrogens is 434 g/mol. The first-order valence-corrected chi connectivity index (χ1v) is 12.4. The third-order valence-electron chi connectivity index (χ3n) is 7.25. The summed E-state index contributed by atoms with van der Waals surface area (Å²) >= 11 is 0. The molecule has 178 valence electrons. The molecule has 35 heavy (non-hydrogen) atoms. The number of ether oxygens (including phenoxy) is 1. The highest BCUT2D eigenvalue weighted by molar-refractivity contribution is 6.20. The number of quaternary nitrogens is 1. The topological polar surface area (TPSA) is 46.5 Å². The number of likely N-dealkylation sites (N-methyl/N-ethyl adjacent to an activating group) is 1. The Morgan fingerprint density at radius 2 is 1.57 bits per heavy atom. The van der Waals surface area contributed by atoms with Gasteiger partial charge in [0.25, 0.3) is 0 Å². The average molecular weight is 467 g/mol. The largest absolute Gasteiger partial charge is 0.508 e. The summed E-state index contributed by atoms with van der Waals surface area (Å²) in [4.78, 5) is 13.8. The molecule has 1 N–H and O–H groups in total. The van der Waals surface area contributed by atoms with Gasteiger partial charge in [-0.3, -0.25) is 4.79 Å². The van der Waals surface area contributed by atoms with Gasteiger partial charge in [-0.2, -0.15) is 0 Å². The average Bonchev–Trinajstić information content (AvgIpc) is 2.89. The van der Waals surface area contributed by atoms with Crippen LogP contribution in [0.1, 0.15) is 35.2 Å². The molecule has 0 spiro atoms. The second-order valence-corrected chi connectivity index (χ2v) is 9.81. The Balaban J connectivity index is 1.39. The van der Waals surface area contributed by atoms with Crippen molar-refractivity contribution < 1.29 is 19.1 Å². The van der Waals surface area contributed by atoms with Gasteiger partial charge in [-0.1, -0.05) is 48.5 Å². The molecule has 4 nitrogen and oxygen atoms in total. The van der Waals surface area contributed by atoms with Gasteiger partial charge in [-0.05, 0) is 77.6 Å². The van der Waals surface area contributed by atoms with Gasteiger partial charge in [-0.15, -0.1) is 0 Å². The number of likely N-dealkylation sites (tertiary alicyclic amines) is 1.